The van der Waals surface area contributed by atoms with Gasteiger partial charge in [-0.25, -0.2) is 4.98 Å². The number of carbonyl (C=O) groups is 1. The Morgan fingerprint density at radius 3 is 2.74 bits per heavy atom. The van der Waals surface area contributed by atoms with Gasteiger partial charge >= 0.3 is 6.01 Å². The number of hydrogen-bond donors (Lipinski definition) is 1. The summed E-state index contributed by atoms with van der Waals surface area (Å²) in [5, 5.41) is 13.0. The topological polar surface area (TPSA) is 90.1 Å². The van der Waals surface area contributed by atoms with Gasteiger partial charge in [-0.3, -0.25) is 10.1 Å². The monoisotopic (exact) mass is 330 g/mol. The lowest BCUT2D eigenvalue weighted by molar-refractivity contribution is -0.115. The van der Waals surface area contributed by atoms with E-state index in [4.69, 9.17) is 9.15 Å². The van der Waals surface area contributed by atoms with E-state index >= 15 is 0 Å². The van der Waals surface area contributed by atoms with Gasteiger partial charge < -0.3 is 9.15 Å². The molecule has 0 saturated heterocycles. The van der Waals surface area contributed by atoms with Crippen molar-refractivity contribution in [3.63, 3.8) is 0 Å². The SMILES string of the molecule is COc1ccc(CC(=O)Nc2nnc(-c3csc(C)n3)o2)cc1. The summed E-state index contributed by atoms with van der Waals surface area (Å²) in [5.74, 6) is 0.795. The lowest BCUT2D eigenvalue weighted by Gasteiger charge is -2.03. The Hall–Kier alpha value is -2.74. The van der Waals surface area contributed by atoms with Gasteiger partial charge in [0.05, 0.1) is 18.5 Å². The molecule has 118 valence electrons. The van der Waals surface area contributed by atoms with E-state index in [1.165, 1.54) is 11.3 Å². The van der Waals surface area contributed by atoms with Gasteiger partial charge in [0.2, 0.25) is 5.91 Å². The van der Waals surface area contributed by atoms with Crippen molar-refractivity contribution >= 4 is 23.3 Å². The van der Waals surface area contributed by atoms with Crippen molar-refractivity contribution in [1.29, 1.82) is 0 Å². The first kappa shape index (κ1) is 15.2. The van der Waals surface area contributed by atoms with E-state index in [1.807, 2.05) is 24.4 Å². The summed E-state index contributed by atoms with van der Waals surface area (Å²) in [7, 11) is 1.60. The Morgan fingerprint density at radius 1 is 1.30 bits per heavy atom. The minimum absolute atomic E-state index is 0.0594. The average molecular weight is 330 g/mol. The molecule has 8 heteroatoms. The van der Waals surface area contributed by atoms with Crippen LogP contribution < -0.4 is 10.1 Å². The summed E-state index contributed by atoms with van der Waals surface area (Å²) in [6.45, 7) is 1.89. The quantitative estimate of drug-likeness (QED) is 0.773. The highest BCUT2D eigenvalue weighted by molar-refractivity contribution is 7.09. The molecule has 0 aliphatic carbocycles. The molecule has 2 aromatic heterocycles. The van der Waals surface area contributed by atoms with Crippen LogP contribution in [0, 0.1) is 6.92 Å². The summed E-state index contributed by atoms with van der Waals surface area (Å²) < 4.78 is 10.5. The molecule has 0 unspecified atom stereocenters. The van der Waals surface area contributed by atoms with Crippen LogP contribution in [0.5, 0.6) is 5.75 Å². The van der Waals surface area contributed by atoms with Crippen LogP contribution >= 0.6 is 11.3 Å². The third kappa shape index (κ3) is 3.72. The van der Waals surface area contributed by atoms with E-state index < -0.39 is 0 Å². The molecule has 3 rings (SSSR count). The van der Waals surface area contributed by atoms with Crippen molar-refractivity contribution < 1.29 is 13.9 Å². The second kappa shape index (κ2) is 6.57. The lowest BCUT2D eigenvalue weighted by atomic mass is 10.1. The van der Waals surface area contributed by atoms with E-state index in [0.29, 0.717) is 5.69 Å². The van der Waals surface area contributed by atoms with Gasteiger partial charge in [-0.05, 0) is 24.6 Å². The third-order valence-corrected chi connectivity index (χ3v) is 3.81. The molecule has 0 bridgehead atoms. The fraction of sp³-hybridized carbons (Fsp3) is 0.200. The van der Waals surface area contributed by atoms with Gasteiger partial charge in [-0.1, -0.05) is 17.2 Å². The molecule has 0 aliphatic rings. The molecule has 0 aliphatic heterocycles. The number of amides is 1. The summed E-state index contributed by atoms with van der Waals surface area (Å²) in [5.41, 5.74) is 1.47. The number of carbonyl (C=O) groups excluding carboxylic acids is 1. The molecule has 0 fully saturated rings. The van der Waals surface area contributed by atoms with Gasteiger partial charge in [-0.15, -0.1) is 16.4 Å². The van der Waals surface area contributed by atoms with Crippen molar-refractivity contribution in [2.45, 2.75) is 13.3 Å². The van der Waals surface area contributed by atoms with Gasteiger partial charge in [0.1, 0.15) is 11.4 Å². The molecular weight excluding hydrogens is 316 g/mol. The zero-order valence-corrected chi connectivity index (χ0v) is 13.4. The third-order valence-electron chi connectivity index (χ3n) is 3.03. The van der Waals surface area contributed by atoms with Gasteiger partial charge in [0.15, 0.2) is 0 Å². The number of thiazole rings is 1. The number of benzene rings is 1. The van der Waals surface area contributed by atoms with Gasteiger partial charge in [0, 0.05) is 5.38 Å². The van der Waals surface area contributed by atoms with Crippen LogP contribution in [0.2, 0.25) is 0 Å². The maximum Gasteiger partial charge on any atom is 0.322 e. The van der Waals surface area contributed by atoms with Crippen LogP contribution in [0.1, 0.15) is 10.6 Å². The van der Waals surface area contributed by atoms with Gasteiger partial charge in [0.25, 0.3) is 5.89 Å². The van der Waals surface area contributed by atoms with Crippen LogP contribution in [0.3, 0.4) is 0 Å². The van der Waals surface area contributed by atoms with E-state index in [0.717, 1.165) is 16.3 Å². The van der Waals surface area contributed by atoms with Crippen LogP contribution in [0.4, 0.5) is 6.01 Å². The Labute approximate surface area is 136 Å². The molecule has 0 spiro atoms. The predicted molar refractivity (Wildman–Crippen MR) is 85.5 cm³/mol. The predicted octanol–water partition coefficient (Wildman–Crippen LogP) is 2.69. The van der Waals surface area contributed by atoms with E-state index in [2.05, 4.69) is 20.5 Å². The molecule has 0 saturated carbocycles. The highest BCUT2D eigenvalue weighted by atomic mass is 32.1. The number of nitrogens with zero attached hydrogens (tertiary/aromatic N) is 3. The molecule has 23 heavy (non-hydrogen) atoms. The Bertz CT molecular complexity index is 810. The number of nitrogens with one attached hydrogen (secondary N) is 1. The Morgan fingerprint density at radius 2 is 2.09 bits per heavy atom. The molecular formula is C15H14N4O3S. The number of ether oxygens (including phenoxy) is 1. The number of aromatic nitrogens is 3. The molecule has 7 nitrogen and oxygen atoms in total. The lowest BCUT2D eigenvalue weighted by Crippen LogP contribution is -2.14. The van der Waals surface area contributed by atoms with E-state index in [-0.39, 0.29) is 24.2 Å². The fourth-order valence-electron chi connectivity index (χ4n) is 1.93. The average Bonchev–Trinajstić information content (AvgIpc) is 3.17. The van der Waals surface area contributed by atoms with Crippen LogP contribution in [0.15, 0.2) is 34.1 Å². The minimum Gasteiger partial charge on any atom is -0.497 e. The van der Waals surface area contributed by atoms with Crippen LogP contribution in [-0.4, -0.2) is 28.2 Å². The first-order valence-electron chi connectivity index (χ1n) is 6.83. The Kier molecular flexibility index (Phi) is 4.33. The number of aryl methyl sites for hydroxylation is 1. The number of methoxy groups -OCH3 is 1. The molecule has 1 aromatic carbocycles. The summed E-state index contributed by atoms with van der Waals surface area (Å²) in [6, 6.07) is 7.32. The van der Waals surface area contributed by atoms with Crippen LogP contribution in [-0.2, 0) is 11.2 Å². The molecule has 0 atom stereocenters. The molecule has 1 N–H and O–H groups in total. The highest BCUT2D eigenvalue weighted by Gasteiger charge is 2.13. The van der Waals surface area contributed by atoms with Gasteiger partial charge in [-0.2, -0.15) is 0 Å². The second-order valence-electron chi connectivity index (χ2n) is 4.74. The fourth-order valence-corrected chi connectivity index (χ4v) is 2.52. The van der Waals surface area contributed by atoms with E-state index in [9.17, 15) is 4.79 Å². The first-order valence-corrected chi connectivity index (χ1v) is 7.71. The van der Waals surface area contributed by atoms with Crippen molar-refractivity contribution in [3.05, 3.63) is 40.2 Å². The second-order valence-corrected chi connectivity index (χ2v) is 5.80. The molecule has 2 heterocycles. The maximum atomic E-state index is 12.0. The van der Waals surface area contributed by atoms with Crippen molar-refractivity contribution in [2.24, 2.45) is 0 Å². The minimum atomic E-state index is -0.236. The van der Waals surface area contributed by atoms with Crippen LogP contribution in [0.25, 0.3) is 11.6 Å². The summed E-state index contributed by atoms with van der Waals surface area (Å²) in [4.78, 5) is 16.3. The largest absolute Gasteiger partial charge is 0.497 e. The molecule has 3 aromatic rings. The number of rotatable bonds is 5. The first-order chi connectivity index (χ1) is 11.1. The smallest absolute Gasteiger partial charge is 0.322 e. The van der Waals surface area contributed by atoms with Crippen molar-refractivity contribution in [1.82, 2.24) is 15.2 Å². The number of anilines is 1. The standard InChI is InChI=1S/C15H14N4O3S/c1-9-16-12(8-23-9)14-18-19-15(22-14)17-13(20)7-10-3-5-11(21-2)6-4-10/h3-6,8H,7H2,1-2H3,(H,17,19,20). The Balaban J connectivity index is 1.62. The van der Waals surface area contributed by atoms with Crippen molar-refractivity contribution in [2.75, 3.05) is 12.4 Å². The maximum absolute atomic E-state index is 12.0. The van der Waals surface area contributed by atoms with E-state index in [1.54, 1.807) is 19.2 Å². The zero-order chi connectivity index (χ0) is 16.2. The highest BCUT2D eigenvalue weighted by Crippen LogP contribution is 2.21. The zero-order valence-electron chi connectivity index (χ0n) is 12.6. The number of hydrogen-bond acceptors (Lipinski definition) is 7. The normalized spacial score (nSPS) is 10.5. The summed E-state index contributed by atoms with van der Waals surface area (Å²) in [6.07, 6.45) is 0.206. The molecule has 1 amide bonds. The summed E-state index contributed by atoms with van der Waals surface area (Å²) >= 11 is 1.49. The van der Waals surface area contributed by atoms with Crippen molar-refractivity contribution in [3.8, 4) is 17.3 Å². The molecule has 0 radical (unpaired) electrons.